The highest BCUT2D eigenvalue weighted by atomic mass is 35.5. The first-order chi connectivity index (χ1) is 14.0. The first kappa shape index (κ1) is 24.9. The second kappa shape index (κ2) is 13.1. The lowest BCUT2D eigenvalue weighted by atomic mass is 10.1. The number of nitro benzene ring substituents is 1. The number of nitrogens with one attached hydrogen (secondary N) is 2. The minimum Gasteiger partial charge on any atom is -1.00 e. The van der Waals surface area contributed by atoms with E-state index in [-0.39, 0.29) is 24.7 Å². The summed E-state index contributed by atoms with van der Waals surface area (Å²) in [6.45, 7) is 0.831. The number of anilines is 1. The second-order valence-corrected chi connectivity index (χ2v) is 6.40. The van der Waals surface area contributed by atoms with Crippen molar-refractivity contribution in [3.63, 3.8) is 0 Å². The summed E-state index contributed by atoms with van der Waals surface area (Å²) in [6.07, 6.45) is 1.27. The normalized spacial score (nSPS) is 11.0. The van der Waals surface area contributed by atoms with Crippen molar-refractivity contribution < 1.29 is 37.4 Å². The zero-order valence-corrected chi connectivity index (χ0v) is 17.1. The number of halogens is 1. The van der Waals surface area contributed by atoms with Crippen molar-refractivity contribution in [3.8, 4) is 0 Å². The summed E-state index contributed by atoms with van der Waals surface area (Å²) in [5.74, 6) is -0.417. The Morgan fingerprint density at radius 2 is 1.73 bits per heavy atom. The number of hydrogen-bond donors (Lipinski definition) is 3. The van der Waals surface area contributed by atoms with Gasteiger partial charge in [-0.2, -0.15) is 0 Å². The predicted molar refractivity (Wildman–Crippen MR) is 107 cm³/mol. The molecule has 0 bridgehead atoms. The standard InChI is InChI=1S/C20H24N4O5.ClH/c21-13-5-4-8-18(23-20(26)29-14-15-6-2-1-3-7-15)19(25)22-16-9-11-17(12-10-16)24(27)28;/h1-3,6-7,9-12,18H,4-5,8,13-14,21H2,(H,22,25)(H,23,26);1H. The topological polar surface area (TPSA) is 138 Å². The van der Waals surface area contributed by atoms with Gasteiger partial charge in [0.15, 0.2) is 0 Å². The number of carbonyl (C=O) groups excluding carboxylic acids is 2. The molecule has 2 aromatic rings. The van der Waals surface area contributed by atoms with Crippen LogP contribution in [0.1, 0.15) is 24.8 Å². The fourth-order valence-corrected chi connectivity index (χ4v) is 2.60. The Labute approximate surface area is 180 Å². The van der Waals surface area contributed by atoms with E-state index in [2.05, 4.69) is 16.4 Å². The van der Waals surface area contributed by atoms with Gasteiger partial charge in [-0.3, -0.25) is 14.9 Å². The Bertz CT molecular complexity index is 818. The van der Waals surface area contributed by atoms with E-state index in [1.165, 1.54) is 24.3 Å². The van der Waals surface area contributed by atoms with Crippen molar-refractivity contribution in [1.82, 2.24) is 5.32 Å². The van der Waals surface area contributed by atoms with Gasteiger partial charge < -0.3 is 33.5 Å². The molecule has 0 aliphatic carbocycles. The molecule has 0 aromatic heterocycles. The van der Waals surface area contributed by atoms with Gasteiger partial charge in [0.1, 0.15) is 12.6 Å². The van der Waals surface area contributed by atoms with Gasteiger partial charge >= 0.3 is 6.09 Å². The maximum absolute atomic E-state index is 12.6. The van der Waals surface area contributed by atoms with Gasteiger partial charge in [-0.15, -0.1) is 0 Å². The summed E-state index contributed by atoms with van der Waals surface area (Å²) in [5, 5.41) is 16.0. The quantitative estimate of drug-likeness (QED) is 0.255. The van der Waals surface area contributed by atoms with Gasteiger partial charge in [0, 0.05) is 17.8 Å². The Hall–Kier alpha value is -3.17. The van der Waals surface area contributed by atoms with Crippen molar-refractivity contribution >= 4 is 23.4 Å². The molecule has 0 saturated carbocycles. The lowest BCUT2D eigenvalue weighted by Crippen LogP contribution is -3.00. The third-order valence-electron chi connectivity index (χ3n) is 4.16. The van der Waals surface area contributed by atoms with Gasteiger partial charge in [0.05, 0.1) is 11.5 Å². The highest BCUT2D eigenvalue weighted by Gasteiger charge is 2.21. The van der Waals surface area contributed by atoms with Gasteiger partial charge in [-0.05, 0) is 37.0 Å². The molecule has 1 unspecified atom stereocenters. The molecule has 2 amide bonds. The molecule has 10 heteroatoms. The average Bonchev–Trinajstić information content (AvgIpc) is 2.72. The van der Waals surface area contributed by atoms with E-state index in [0.29, 0.717) is 18.5 Å². The first-order valence-corrected chi connectivity index (χ1v) is 9.31. The van der Waals surface area contributed by atoms with Crippen LogP contribution in [0.3, 0.4) is 0 Å². The van der Waals surface area contributed by atoms with Crippen LogP contribution < -0.4 is 28.8 Å². The fourth-order valence-electron chi connectivity index (χ4n) is 2.60. The van der Waals surface area contributed by atoms with Crippen LogP contribution in [-0.4, -0.2) is 29.5 Å². The molecule has 9 nitrogen and oxygen atoms in total. The van der Waals surface area contributed by atoms with Crippen LogP contribution in [0.15, 0.2) is 54.6 Å². The van der Waals surface area contributed by atoms with E-state index < -0.39 is 23.0 Å². The number of rotatable bonds is 10. The molecule has 30 heavy (non-hydrogen) atoms. The van der Waals surface area contributed by atoms with Gasteiger partial charge in [-0.1, -0.05) is 30.3 Å². The number of benzene rings is 2. The number of quaternary nitrogens is 1. The zero-order valence-electron chi connectivity index (χ0n) is 16.4. The molecule has 1 atom stereocenters. The highest BCUT2D eigenvalue weighted by molar-refractivity contribution is 5.96. The Morgan fingerprint density at radius 3 is 2.33 bits per heavy atom. The predicted octanol–water partition coefficient (Wildman–Crippen LogP) is -0.755. The maximum Gasteiger partial charge on any atom is 0.408 e. The Kier molecular flexibility index (Phi) is 10.9. The summed E-state index contributed by atoms with van der Waals surface area (Å²) >= 11 is 0. The number of ether oxygens (including phenoxy) is 1. The van der Waals surface area contributed by atoms with Gasteiger partial charge in [0.2, 0.25) is 5.91 Å². The second-order valence-electron chi connectivity index (χ2n) is 6.40. The highest BCUT2D eigenvalue weighted by Crippen LogP contribution is 2.16. The number of hydrogen-bond acceptors (Lipinski definition) is 5. The fraction of sp³-hybridized carbons (Fsp3) is 0.300. The summed E-state index contributed by atoms with van der Waals surface area (Å²) in [6, 6.07) is 13.9. The molecule has 0 fully saturated rings. The largest absolute Gasteiger partial charge is 1.00 e. The monoisotopic (exact) mass is 436 g/mol. The van der Waals surface area contributed by atoms with Crippen molar-refractivity contribution in [1.29, 1.82) is 0 Å². The zero-order chi connectivity index (χ0) is 21.1. The van der Waals surface area contributed by atoms with Crippen molar-refractivity contribution in [2.24, 2.45) is 0 Å². The minimum absolute atomic E-state index is 0. The number of amides is 2. The molecule has 0 aliphatic rings. The summed E-state index contributed by atoms with van der Waals surface area (Å²) < 4.78 is 5.19. The van der Waals surface area contributed by atoms with E-state index >= 15 is 0 Å². The number of non-ortho nitro benzene ring substituents is 1. The molecule has 2 aromatic carbocycles. The van der Waals surface area contributed by atoms with Crippen molar-refractivity contribution in [2.75, 3.05) is 11.9 Å². The van der Waals surface area contributed by atoms with Crippen LogP contribution in [0.4, 0.5) is 16.2 Å². The van der Waals surface area contributed by atoms with E-state index in [9.17, 15) is 19.7 Å². The number of nitrogens with zero attached hydrogens (tertiary/aromatic N) is 1. The van der Waals surface area contributed by atoms with E-state index in [0.717, 1.165) is 18.5 Å². The molecule has 0 aliphatic heterocycles. The van der Waals surface area contributed by atoms with Crippen LogP contribution in [0.25, 0.3) is 0 Å². The molecule has 2 rings (SSSR count). The van der Waals surface area contributed by atoms with Crippen LogP contribution in [-0.2, 0) is 16.1 Å². The summed E-state index contributed by atoms with van der Waals surface area (Å²) in [4.78, 5) is 34.9. The average molecular weight is 437 g/mol. The number of unbranched alkanes of at least 4 members (excludes halogenated alkanes) is 1. The van der Waals surface area contributed by atoms with Crippen molar-refractivity contribution in [2.45, 2.75) is 31.9 Å². The molecular weight excluding hydrogens is 412 g/mol. The maximum atomic E-state index is 12.6. The van der Waals surface area contributed by atoms with Crippen molar-refractivity contribution in [3.05, 3.63) is 70.3 Å². The van der Waals surface area contributed by atoms with E-state index in [4.69, 9.17) is 4.74 Å². The first-order valence-electron chi connectivity index (χ1n) is 9.31. The number of nitro groups is 1. The molecule has 162 valence electrons. The SMILES string of the molecule is [Cl-].[NH3+]CCCCC(NC(=O)OCc1ccccc1)C(=O)Nc1ccc([N+](=O)[O-])cc1. The Balaban J connectivity index is 0.00000450. The lowest BCUT2D eigenvalue weighted by molar-refractivity contribution is -0.384. The third-order valence-corrected chi connectivity index (χ3v) is 4.16. The van der Waals surface area contributed by atoms with Crippen LogP contribution in [0.5, 0.6) is 0 Å². The Morgan fingerprint density at radius 1 is 1.07 bits per heavy atom. The summed E-state index contributed by atoms with van der Waals surface area (Å²) in [7, 11) is 0. The molecule has 0 radical (unpaired) electrons. The van der Waals surface area contributed by atoms with Gasteiger partial charge in [-0.25, -0.2) is 4.79 Å². The molecule has 5 N–H and O–H groups in total. The minimum atomic E-state index is -0.792. The van der Waals surface area contributed by atoms with Crippen LogP contribution in [0.2, 0.25) is 0 Å². The number of alkyl carbamates (subject to hydrolysis) is 1. The third kappa shape index (κ3) is 8.46. The van der Waals surface area contributed by atoms with E-state index in [1.807, 2.05) is 30.3 Å². The smallest absolute Gasteiger partial charge is 0.408 e. The molecule has 0 spiro atoms. The van der Waals surface area contributed by atoms with Crippen LogP contribution in [0, 0.1) is 10.1 Å². The van der Waals surface area contributed by atoms with E-state index in [1.54, 1.807) is 0 Å². The lowest BCUT2D eigenvalue weighted by Gasteiger charge is -2.18. The number of carbonyl (C=O) groups is 2. The van der Waals surface area contributed by atoms with Gasteiger partial charge in [0.25, 0.3) is 5.69 Å². The molecule has 0 saturated heterocycles. The molecule has 0 heterocycles. The van der Waals surface area contributed by atoms with Crippen LogP contribution >= 0.6 is 0 Å². The summed E-state index contributed by atoms with van der Waals surface area (Å²) in [5.41, 5.74) is 4.95. The molecular formula is C20H25ClN4O5.